The number of sulfone groups is 1. The van der Waals surface area contributed by atoms with Gasteiger partial charge in [-0.1, -0.05) is 60.7 Å². The number of thiazole rings is 1. The third kappa shape index (κ3) is 5.15. The Balaban J connectivity index is 1.62. The molecule has 0 radical (unpaired) electrons. The monoisotopic (exact) mass is 516 g/mol. The molecule has 4 rings (SSSR count). The lowest BCUT2D eigenvalue weighted by atomic mass is 10.1. The lowest BCUT2D eigenvalue weighted by molar-refractivity contribution is 0.550. The third-order valence-electron chi connectivity index (χ3n) is 5.55. The summed E-state index contributed by atoms with van der Waals surface area (Å²) in [6, 6.07) is 19.9. The molecule has 0 aliphatic carbocycles. The van der Waals surface area contributed by atoms with E-state index < -0.39 is 25.9 Å². The predicted molar refractivity (Wildman–Crippen MR) is 135 cm³/mol. The van der Waals surface area contributed by atoms with E-state index in [1.54, 1.807) is 22.8 Å². The summed E-state index contributed by atoms with van der Waals surface area (Å²) in [4.78, 5) is 12.7. The van der Waals surface area contributed by atoms with Gasteiger partial charge in [-0.05, 0) is 47.9 Å². The molecule has 4 aromatic rings. The first-order valence-corrected chi connectivity index (χ1v) is 14.8. The Morgan fingerprint density at radius 3 is 2.18 bits per heavy atom. The molecule has 3 aromatic carbocycles. The summed E-state index contributed by atoms with van der Waals surface area (Å²) in [5.74, 6) is 0. The zero-order valence-electron chi connectivity index (χ0n) is 18.6. The summed E-state index contributed by atoms with van der Waals surface area (Å²) in [6.07, 6.45) is 1.60. The fraction of sp³-hybridized carbons (Fsp3) is 0.208. The highest BCUT2D eigenvalue weighted by Crippen LogP contribution is 2.25. The highest BCUT2D eigenvalue weighted by Gasteiger charge is 2.22. The van der Waals surface area contributed by atoms with E-state index in [-0.39, 0.29) is 14.7 Å². The van der Waals surface area contributed by atoms with Gasteiger partial charge in [-0.2, -0.15) is 0 Å². The summed E-state index contributed by atoms with van der Waals surface area (Å²) >= 11 is 1.01. The molecule has 0 amide bonds. The number of benzene rings is 3. The molecule has 7 nitrogen and oxygen atoms in total. The minimum atomic E-state index is -3.89. The summed E-state index contributed by atoms with van der Waals surface area (Å²) in [5, 5.41) is 0. The number of nitrogens with one attached hydrogen (secondary N) is 1. The van der Waals surface area contributed by atoms with Crippen LogP contribution in [-0.4, -0.2) is 27.7 Å². The van der Waals surface area contributed by atoms with Gasteiger partial charge in [-0.3, -0.25) is 9.36 Å². The second-order valence-electron chi connectivity index (χ2n) is 7.99. The van der Waals surface area contributed by atoms with E-state index in [2.05, 4.69) is 4.72 Å². The largest absolute Gasteiger partial charge is 0.308 e. The van der Waals surface area contributed by atoms with Crippen molar-refractivity contribution in [3.63, 3.8) is 0 Å². The van der Waals surface area contributed by atoms with E-state index in [0.717, 1.165) is 23.2 Å². The van der Waals surface area contributed by atoms with Gasteiger partial charge in [0.2, 0.25) is 10.0 Å². The summed E-state index contributed by atoms with van der Waals surface area (Å²) < 4.78 is 54.6. The van der Waals surface area contributed by atoms with E-state index in [0.29, 0.717) is 28.7 Å². The highest BCUT2D eigenvalue weighted by atomic mass is 32.2. The smallest absolute Gasteiger partial charge is 0.294 e. The Morgan fingerprint density at radius 2 is 1.56 bits per heavy atom. The van der Waals surface area contributed by atoms with Gasteiger partial charge in [0.05, 0.1) is 26.6 Å². The van der Waals surface area contributed by atoms with E-state index in [1.807, 2.05) is 37.3 Å². The van der Waals surface area contributed by atoms with E-state index in [1.165, 1.54) is 24.3 Å². The molecule has 1 N–H and O–H groups in total. The van der Waals surface area contributed by atoms with Crippen LogP contribution in [0.2, 0.25) is 0 Å². The molecule has 1 atom stereocenters. The van der Waals surface area contributed by atoms with Crippen molar-refractivity contribution < 1.29 is 16.8 Å². The highest BCUT2D eigenvalue weighted by molar-refractivity contribution is 7.90. The standard InChI is InChI=1S/C24H24N2O5S3/c1-3-21(18-9-11-19(12-10-18)33(2,28)29)25-34(30,31)20-13-14-22-23(15-20)32-24(27)26(22)16-17-7-5-4-6-8-17/h4-15,21,25H,3,16H2,1-2H3. The molecule has 0 aliphatic heterocycles. The van der Waals surface area contributed by atoms with Crippen LogP contribution in [0.25, 0.3) is 10.2 Å². The molecule has 1 heterocycles. The summed E-state index contributed by atoms with van der Waals surface area (Å²) in [7, 11) is -7.22. The normalized spacial score (nSPS) is 13.2. The lowest BCUT2D eigenvalue weighted by Gasteiger charge is -2.18. The van der Waals surface area contributed by atoms with Crippen LogP contribution in [0.1, 0.15) is 30.5 Å². The van der Waals surface area contributed by atoms with Crippen LogP contribution in [0.15, 0.2) is 87.4 Å². The molecule has 0 aliphatic rings. The van der Waals surface area contributed by atoms with Crippen LogP contribution in [0, 0.1) is 0 Å². The van der Waals surface area contributed by atoms with Gasteiger partial charge in [0.25, 0.3) is 0 Å². The van der Waals surface area contributed by atoms with Gasteiger partial charge < -0.3 is 0 Å². The second kappa shape index (κ2) is 9.46. The second-order valence-corrected chi connectivity index (χ2v) is 12.7. The number of aromatic nitrogens is 1. The topological polar surface area (TPSA) is 102 Å². The molecular weight excluding hydrogens is 492 g/mol. The Hall–Kier alpha value is -2.79. The van der Waals surface area contributed by atoms with Gasteiger partial charge in [-0.15, -0.1) is 0 Å². The average molecular weight is 517 g/mol. The van der Waals surface area contributed by atoms with Crippen molar-refractivity contribution in [1.82, 2.24) is 9.29 Å². The molecule has 10 heteroatoms. The zero-order chi connectivity index (χ0) is 24.5. The van der Waals surface area contributed by atoms with Crippen molar-refractivity contribution >= 4 is 41.4 Å². The van der Waals surface area contributed by atoms with Crippen molar-refractivity contribution in [3.05, 3.63) is 93.6 Å². The number of sulfonamides is 1. The van der Waals surface area contributed by atoms with E-state index >= 15 is 0 Å². The van der Waals surface area contributed by atoms with Crippen molar-refractivity contribution in [2.45, 2.75) is 35.7 Å². The van der Waals surface area contributed by atoms with Crippen LogP contribution < -0.4 is 9.60 Å². The fourth-order valence-electron chi connectivity index (χ4n) is 3.72. The molecule has 34 heavy (non-hydrogen) atoms. The summed E-state index contributed by atoms with van der Waals surface area (Å²) in [6.45, 7) is 2.25. The Morgan fingerprint density at radius 1 is 0.912 bits per heavy atom. The maximum absolute atomic E-state index is 13.1. The number of hydrogen-bond donors (Lipinski definition) is 1. The van der Waals surface area contributed by atoms with Crippen LogP contribution in [-0.2, 0) is 26.4 Å². The van der Waals surface area contributed by atoms with E-state index in [9.17, 15) is 21.6 Å². The molecule has 0 bridgehead atoms. The van der Waals surface area contributed by atoms with Gasteiger partial charge >= 0.3 is 4.87 Å². The average Bonchev–Trinajstić information content (AvgIpc) is 3.12. The quantitative estimate of drug-likeness (QED) is 0.382. The Labute approximate surface area is 202 Å². The third-order valence-corrected chi connectivity index (χ3v) is 9.09. The first-order chi connectivity index (χ1) is 16.1. The molecule has 0 spiro atoms. The lowest BCUT2D eigenvalue weighted by Crippen LogP contribution is -2.28. The zero-order valence-corrected chi connectivity index (χ0v) is 21.1. The maximum Gasteiger partial charge on any atom is 0.308 e. The molecule has 178 valence electrons. The Bertz CT molecular complexity index is 1590. The summed E-state index contributed by atoms with van der Waals surface area (Å²) in [5.41, 5.74) is 2.33. The van der Waals surface area contributed by atoms with Crippen LogP contribution in [0.5, 0.6) is 0 Å². The fourth-order valence-corrected chi connectivity index (χ4v) is 6.69. The minimum absolute atomic E-state index is 0.0688. The van der Waals surface area contributed by atoms with Gasteiger partial charge in [0.15, 0.2) is 9.84 Å². The van der Waals surface area contributed by atoms with Crippen molar-refractivity contribution in [2.24, 2.45) is 0 Å². The molecule has 0 fully saturated rings. The number of rotatable bonds is 8. The van der Waals surface area contributed by atoms with Gasteiger partial charge in [0, 0.05) is 12.3 Å². The first-order valence-electron chi connectivity index (χ1n) is 10.6. The maximum atomic E-state index is 13.1. The Kier molecular flexibility index (Phi) is 6.77. The first kappa shape index (κ1) is 24.3. The van der Waals surface area contributed by atoms with Crippen LogP contribution in [0.3, 0.4) is 0 Å². The number of fused-ring (bicyclic) bond motifs is 1. The van der Waals surface area contributed by atoms with Crippen molar-refractivity contribution in [1.29, 1.82) is 0 Å². The predicted octanol–water partition coefficient (Wildman–Crippen LogP) is 3.94. The number of hydrogen-bond acceptors (Lipinski definition) is 6. The van der Waals surface area contributed by atoms with Gasteiger partial charge in [-0.25, -0.2) is 21.6 Å². The SMILES string of the molecule is CCC(NS(=O)(=O)c1ccc2c(c1)sc(=O)n2Cc1ccccc1)c1ccc(S(C)(=O)=O)cc1. The molecule has 0 saturated carbocycles. The van der Waals surface area contributed by atoms with Crippen LogP contribution >= 0.6 is 11.3 Å². The van der Waals surface area contributed by atoms with E-state index in [4.69, 9.17) is 0 Å². The molecule has 1 unspecified atom stereocenters. The number of nitrogens with zero attached hydrogens (tertiary/aromatic N) is 1. The van der Waals surface area contributed by atoms with Crippen molar-refractivity contribution in [3.8, 4) is 0 Å². The van der Waals surface area contributed by atoms with Crippen LogP contribution in [0.4, 0.5) is 0 Å². The minimum Gasteiger partial charge on any atom is -0.294 e. The molecular formula is C24H24N2O5S3. The van der Waals surface area contributed by atoms with Gasteiger partial charge in [0.1, 0.15) is 0 Å². The van der Waals surface area contributed by atoms with Crippen molar-refractivity contribution in [2.75, 3.05) is 6.26 Å². The molecule has 0 saturated heterocycles. The molecule has 1 aromatic heterocycles.